The quantitative estimate of drug-likeness (QED) is 0.0952. The Balaban J connectivity index is 0.0000000924. The number of rotatable bonds is 14. The molecule has 6 saturated carbocycles. The number of hydrogen-bond acceptors (Lipinski definition) is 0. The lowest BCUT2D eigenvalue weighted by Gasteiger charge is -2.25. The van der Waals surface area contributed by atoms with Crippen LogP contribution in [0, 0.1) is 126 Å². The van der Waals surface area contributed by atoms with Crippen molar-refractivity contribution in [3.8, 4) is 22.3 Å². The molecular weight excluding hydrogens is 1380 g/mol. The summed E-state index contributed by atoms with van der Waals surface area (Å²) in [6.07, 6.45) is 52.4. The first-order valence-electron chi connectivity index (χ1n) is 44.9. The molecule has 0 spiro atoms. The molecule has 0 N–H and O–H groups in total. The van der Waals surface area contributed by atoms with Crippen molar-refractivity contribution < 1.29 is 0 Å². The summed E-state index contributed by atoms with van der Waals surface area (Å²) in [5.41, 5.74) is 17.2. The van der Waals surface area contributed by atoms with Crippen LogP contribution in [0.3, 0.4) is 0 Å². The Hall–Kier alpha value is -9.88. The second-order valence-corrected chi connectivity index (χ2v) is 37.7. The fourth-order valence-electron chi connectivity index (χ4n) is 23.9. The summed E-state index contributed by atoms with van der Waals surface area (Å²) in [7, 11) is 0. The molecule has 0 heterocycles. The Kier molecular flexibility index (Phi) is 22.3. The van der Waals surface area contributed by atoms with E-state index >= 15 is 0 Å². The van der Waals surface area contributed by atoms with Crippen LogP contribution < -0.4 is 0 Å². The summed E-state index contributed by atoms with van der Waals surface area (Å²) < 4.78 is 0. The van der Waals surface area contributed by atoms with E-state index in [-0.39, 0.29) is 0 Å². The molecule has 12 aliphatic carbocycles. The van der Waals surface area contributed by atoms with Gasteiger partial charge in [0.05, 0.1) is 0 Å². The number of fused-ring (bicyclic) bond motifs is 16. The minimum absolute atomic E-state index is 0.839. The van der Waals surface area contributed by atoms with Crippen molar-refractivity contribution in [1.82, 2.24) is 0 Å². The van der Waals surface area contributed by atoms with E-state index in [2.05, 4.69) is 361 Å². The average Bonchev–Trinajstić information content (AvgIpc) is 1.65. The van der Waals surface area contributed by atoms with E-state index < -0.39 is 0 Å². The number of allylic oxidation sites excluding steroid dienone is 12. The largest absolute Gasteiger partial charge is 0.0851 e. The van der Waals surface area contributed by atoms with Crippen LogP contribution in [0.15, 0.2) is 340 Å². The smallest absolute Gasteiger partial charge is 0.0152 e. The van der Waals surface area contributed by atoms with Crippen LogP contribution in [0.1, 0.15) is 122 Å². The summed E-state index contributed by atoms with van der Waals surface area (Å²) >= 11 is 0. The Morgan fingerprint density at radius 3 is 1.11 bits per heavy atom. The lowest BCUT2D eigenvalue weighted by atomic mass is 9.80. The van der Waals surface area contributed by atoms with Gasteiger partial charge in [0, 0.05) is 0 Å². The minimum atomic E-state index is 0.839. The molecule has 12 aliphatic rings. The van der Waals surface area contributed by atoms with Crippen molar-refractivity contribution >= 4 is 43.1 Å². The first-order chi connectivity index (χ1) is 56.5. The third-order valence-electron chi connectivity index (χ3n) is 30.1. The van der Waals surface area contributed by atoms with Gasteiger partial charge in [-0.15, -0.1) is 0 Å². The molecule has 24 rings (SSSR count). The van der Waals surface area contributed by atoms with E-state index in [1.807, 2.05) is 0 Å². The van der Waals surface area contributed by atoms with Crippen LogP contribution in [-0.2, 0) is 38.5 Å². The maximum absolute atomic E-state index is 2.47. The van der Waals surface area contributed by atoms with Crippen molar-refractivity contribution in [2.24, 2.45) is 112 Å². The molecule has 12 aromatic carbocycles. The van der Waals surface area contributed by atoms with Crippen LogP contribution in [0.4, 0.5) is 0 Å². The van der Waals surface area contributed by atoms with Gasteiger partial charge < -0.3 is 0 Å². The monoisotopic (exact) mass is 1500 g/mol. The van der Waals surface area contributed by atoms with E-state index in [1.165, 1.54) is 213 Å². The SMILES string of the molecule is C1=CC2CC1CC2Cc1ccc2ccccc2c1.C1=CC2CC1CC2Cc1cccc(-c2ccccc2)c1.C1=CC2CC1CC2Cc1cccc2ccccc12.CC1C2C=CC(C2)C1Cc1ccc2ccccc2c1.Cc1ccc2ccc(CC3CC4C=CC3C4)cc2c1.Cc1ccccc1-c1cccc(CC2CC3C=CC2C3)c1. The molecule has 0 aromatic heterocycles. The summed E-state index contributed by atoms with van der Waals surface area (Å²) in [6, 6.07) is 98.2. The average molecular weight is 1500 g/mol. The zero-order valence-corrected chi connectivity index (χ0v) is 68.3. The maximum atomic E-state index is 2.47. The molecule has 0 saturated heterocycles. The van der Waals surface area contributed by atoms with Crippen LogP contribution in [0.5, 0.6) is 0 Å². The van der Waals surface area contributed by atoms with Gasteiger partial charge in [0.15, 0.2) is 0 Å². The third-order valence-corrected chi connectivity index (χ3v) is 30.1. The molecule has 578 valence electrons. The number of hydrogen-bond donors (Lipinski definition) is 0. The highest BCUT2D eigenvalue weighted by Gasteiger charge is 2.43. The zero-order valence-electron chi connectivity index (χ0n) is 68.3. The fourth-order valence-corrected chi connectivity index (χ4v) is 23.9. The molecule has 0 amide bonds. The van der Waals surface area contributed by atoms with E-state index in [0.717, 1.165) is 112 Å². The standard InChI is InChI=1S/C21H22.C20H20.2C19H20.2C18H18/c1-15-5-2-3-8-21(15)19-7-4-6-16(12-19)13-20-14-17-9-10-18(20)11-17;1-2-6-17(7-3-1)18-8-4-5-15(11-18)13-20-14-16-9-10-19(20)12-16;1-13-2-5-16-6-3-15(10-18(16)8-13)12-19-11-14-4-7-17(19)9-14;1-13-16-8-9-18(12-16)19(13)11-14-6-7-15-4-2-3-5-17(15)10-14;1-2-7-18-14(4-1)5-3-6-16(18)12-17-11-13-8-9-15(17)10-13;1-2-4-16-9-13(5-7-15(16)3-1)11-18-12-14-6-8-17(18)10-14/h2-10,12,17-18,20H,11,13-14H2,1H3;1-11,16,19-20H,12-14H2;2-8,10,14,17,19H,9,11-12H2,1H3;2-10,13,16,18-19H,11-12H2,1H3;1-9,13,15,17H,10-12H2;1-9,14,17-18H,10-12H2. The van der Waals surface area contributed by atoms with Crippen LogP contribution >= 0.6 is 0 Å². The van der Waals surface area contributed by atoms with Gasteiger partial charge in [0.1, 0.15) is 0 Å². The molecule has 0 aliphatic heterocycles. The Morgan fingerprint density at radius 1 is 0.235 bits per heavy atom. The van der Waals surface area contributed by atoms with Crippen molar-refractivity contribution in [3.63, 3.8) is 0 Å². The lowest BCUT2D eigenvalue weighted by Crippen LogP contribution is -2.19. The van der Waals surface area contributed by atoms with Crippen LogP contribution in [0.2, 0.25) is 0 Å². The highest BCUT2D eigenvalue weighted by molar-refractivity contribution is 5.87. The lowest BCUT2D eigenvalue weighted by molar-refractivity contribution is 0.333. The van der Waals surface area contributed by atoms with E-state index in [1.54, 1.807) is 5.56 Å². The Morgan fingerprint density at radius 2 is 0.617 bits per heavy atom. The highest BCUT2D eigenvalue weighted by Crippen LogP contribution is 2.52. The molecule has 19 atom stereocenters. The summed E-state index contributed by atoms with van der Waals surface area (Å²) in [4.78, 5) is 0. The van der Waals surface area contributed by atoms with Gasteiger partial charge in [-0.25, -0.2) is 0 Å². The molecule has 0 nitrogen and oxygen atoms in total. The molecule has 12 aromatic rings. The zero-order chi connectivity index (χ0) is 77.1. The normalized spacial score (nSPS) is 28.7. The topological polar surface area (TPSA) is 0 Å². The number of benzene rings is 12. The first kappa shape index (κ1) is 75.2. The van der Waals surface area contributed by atoms with Crippen LogP contribution in [-0.4, -0.2) is 0 Å². The molecular formula is C115H118. The molecule has 0 heteroatoms. The van der Waals surface area contributed by atoms with Crippen molar-refractivity contribution in [2.45, 2.75) is 130 Å². The predicted octanol–water partition coefficient (Wildman–Crippen LogP) is 29.5. The van der Waals surface area contributed by atoms with Gasteiger partial charge in [0.2, 0.25) is 0 Å². The fraction of sp³-hybridized carbons (Fsp3) is 0.339. The van der Waals surface area contributed by atoms with Gasteiger partial charge >= 0.3 is 0 Å². The van der Waals surface area contributed by atoms with Gasteiger partial charge in [-0.3, -0.25) is 0 Å². The molecule has 6 fully saturated rings. The summed E-state index contributed by atoms with van der Waals surface area (Å²) in [5, 5.41) is 11.1. The van der Waals surface area contributed by atoms with Crippen LogP contribution in [0.25, 0.3) is 65.3 Å². The minimum Gasteiger partial charge on any atom is -0.0851 e. The second-order valence-electron chi connectivity index (χ2n) is 37.7. The van der Waals surface area contributed by atoms with Crippen molar-refractivity contribution in [3.05, 3.63) is 384 Å². The molecule has 115 heavy (non-hydrogen) atoms. The molecule has 0 radical (unpaired) electrons. The van der Waals surface area contributed by atoms with E-state index in [0.29, 0.717) is 0 Å². The molecule has 12 bridgehead atoms. The summed E-state index contributed by atoms with van der Waals surface area (Å²) in [5.74, 6) is 16.5. The van der Waals surface area contributed by atoms with E-state index in [9.17, 15) is 0 Å². The highest BCUT2D eigenvalue weighted by atomic mass is 14.5. The van der Waals surface area contributed by atoms with Crippen molar-refractivity contribution in [2.75, 3.05) is 0 Å². The Labute approximate surface area is 687 Å². The van der Waals surface area contributed by atoms with E-state index in [4.69, 9.17) is 0 Å². The molecule has 19 unspecified atom stereocenters. The second kappa shape index (κ2) is 34.1. The first-order valence-corrected chi connectivity index (χ1v) is 44.9. The van der Waals surface area contributed by atoms with Gasteiger partial charge in [-0.05, 0) is 340 Å². The Bertz CT molecular complexity index is 5580. The third kappa shape index (κ3) is 17.4. The predicted molar refractivity (Wildman–Crippen MR) is 489 cm³/mol. The maximum Gasteiger partial charge on any atom is -0.0152 e. The van der Waals surface area contributed by atoms with Gasteiger partial charge in [0.25, 0.3) is 0 Å². The summed E-state index contributed by atoms with van der Waals surface area (Å²) in [6.45, 7) is 6.81. The van der Waals surface area contributed by atoms with Gasteiger partial charge in [-0.2, -0.15) is 0 Å². The van der Waals surface area contributed by atoms with Crippen molar-refractivity contribution in [1.29, 1.82) is 0 Å². The van der Waals surface area contributed by atoms with Gasteiger partial charge in [-0.1, -0.05) is 352 Å². The number of aryl methyl sites for hydroxylation is 2.